The van der Waals surface area contributed by atoms with Crippen molar-refractivity contribution in [2.75, 3.05) is 19.7 Å². The first-order chi connectivity index (χ1) is 9.20. The number of aliphatic hydroxyl groups excluding tert-OH is 1. The number of benzene rings is 1. The standard InChI is InChI=1S/C10H10BrF4NO3S/c11-7-3-6(12)4-8(13)10(7)20(18,19)16(1-2-17)5-9(14)15/h3-4,9,17H,1-2,5H2. The zero-order chi connectivity index (χ0) is 15.5. The highest BCUT2D eigenvalue weighted by atomic mass is 79.9. The molecule has 114 valence electrons. The van der Waals surface area contributed by atoms with E-state index < -0.39 is 57.1 Å². The van der Waals surface area contributed by atoms with Gasteiger partial charge in [0.25, 0.3) is 6.43 Å². The quantitative estimate of drug-likeness (QED) is 0.768. The number of hydrogen-bond donors (Lipinski definition) is 1. The van der Waals surface area contributed by atoms with Crippen molar-refractivity contribution >= 4 is 26.0 Å². The first-order valence-electron chi connectivity index (χ1n) is 5.24. The Morgan fingerprint density at radius 1 is 1.30 bits per heavy atom. The molecule has 0 fully saturated rings. The van der Waals surface area contributed by atoms with Gasteiger partial charge in [-0.25, -0.2) is 26.0 Å². The van der Waals surface area contributed by atoms with Gasteiger partial charge in [0.1, 0.15) is 16.5 Å². The van der Waals surface area contributed by atoms with Crippen molar-refractivity contribution in [2.24, 2.45) is 0 Å². The van der Waals surface area contributed by atoms with E-state index in [0.29, 0.717) is 12.1 Å². The summed E-state index contributed by atoms with van der Waals surface area (Å²) in [7, 11) is -4.63. The van der Waals surface area contributed by atoms with Crippen LogP contribution in [0.4, 0.5) is 17.6 Å². The molecule has 0 unspecified atom stereocenters. The van der Waals surface area contributed by atoms with E-state index in [2.05, 4.69) is 15.9 Å². The van der Waals surface area contributed by atoms with Crippen LogP contribution in [0.5, 0.6) is 0 Å². The van der Waals surface area contributed by atoms with Gasteiger partial charge in [-0.05, 0) is 22.0 Å². The molecule has 0 aromatic heterocycles. The third-order valence-electron chi connectivity index (χ3n) is 2.25. The van der Waals surface area contributed by atoms with Gasteiger partial charge in [-0.1, -0.05) is 0 Å². The third-order valence-corrected chi connectivity index (χ3v) is 5.08. The highest BCUT2D eigenvalue weighted by Gasteiger charge is 2.31. The van der Waals surface area contributed by atoms with Crippen molar-refractivity contribution in [3.63, 3.8) is 0 Å². The lowest BCUT2D eigenvalue weighted by Crippen LogP contribution is -2.37. The van der Waals surface area contributed by atoms with Crippen molar-refractivity contribution in [3.05, 3.63) is 28.2 Å². The summed E-state index contributed by atoms with van der Waals surface area (Å²) in [5, 5.41) is 8.73. The zero-order valence-electron chi connectivity index (χ0n) is 9.86. The topological polar surface area (TPSA) is 57.6 Å². The van der Waals surface area contributed by atoms with Crippen LogP contribution in [0, 0.1) is 11.6 Å². The molecule has 1 N–H and O–H groups in total. The zero-order valence-corrected chi connectivity index (χ0v) is 12.3. The van der Waals surface area contributed by atoms with Gasteiger partial charge in [0.2, 0.25) is 10.0 Å². The molecule has 0 heterocycles. The van der Waals surface area contributed by atoms with Crippen molar-refractivity contribution in [3.8, 4) is 0 Å². The first kappa shape index (κ1) is 17.3. The smallest absolute Gasteiger partial charge is 0.252 e. The molecule has 1 rings (SSSR count). The van der Waals surface area contributed by atoms with Crippen LogP contribution in [0.2, 0.25) is 0 Å². The number of aliphatic hydroxyl groups is 1. The van der Waals surface area contributed by atoms with Crippen LogP contribution in [-0.2, 0) is 10.0 Å². The fraction of sp³-hybridized carbons (Fsp3) is 0.400. The minimum absolute atomic E-state index is 0.235. The van der Waals surface area contributed by atoms with Crippen LogP contribution >= 0.6 is 15.9 Å². The van der Waals surface area contributed by atoms with E-state index in [1.54, 1.807) is 0 Å². The van der Waals surface area contributed by atoms with Gasteiger partial charge in [0, 0.05) is 17.1 Å². The molecule has 0 bridgehead atoms. The highest BCUT2D eigenvalue weighted by molar-refractivity contribution is 9.10. The molecular formula is C10H10BrF4NO3S. The molecule has 1 aromatic rings. The summed E-state index contributed by atoms with van der Waals surface area (Å²) < 4.78 is 75.3. The van der Waals surface area contributed by atoms with Crippen molar-refractivity contribution < 1.29 is 31.1 Å². The minimum Gasteiger partial charge on any atom is -0.395 e. The second-order valence-corrected chi connectivity index (χ2v) is 6.41. The van der Waals surface area contributed by atoms with E-state index >= 15 is 0 Å². The van der Waals surface area contributed by atoms with Crippen molar-refractivity contribution in [1.29, 1.82) is 0 Å². The average molecular weight is 380 g/mol. The fourth-order valence-corrected chi connectivity index (χ4v) is 4.00. The predicted octanol–water partition coefficient (Wildman–Crippen LogP) is 1.98. The Labute approximate surface area is 121 Å². The van der Waals surface area contributed by atoms with E-state index in [1.807, 2.05) is 0 Å². The number of sulfonamides is 1. The van der Waals surface area contributed by atoms with E-state index in [4.69, 9.17) is 5.11 Å². The summed E-state index contributed by atoms with van der Waals surface area (Å²) in [6, 6.07) is 1.03. The second-order valence-electron chi connectivity index (χ2n) is 3.68. The fourth-order valence-electron chi connectivity index (χ4n) is 1.48. The Kier molecular flexibility index (Phi) is 5.92. The Bertz CT molecular complexity index is 559. The molecule has 0 saturated carbocycles. The second kappa shape index (κ2) is 6.83. The average Bonchev–Trinajstić information content (AvgIpc) is 2.25. The maximum Gasteiger partial charge on any atom is 0.252 e. The van der Waals surface area contributed by atoms with Gasteiger partial charge in [0.15, 0.2) is 0 Å². The molecular weight excluding hydrogens is 370 g/mol. The predicted molar refractivity (Wildman–Crippen MR) is 65.9 cm³/mol. The van der Waals surface area contributed by atoms with Crippen LogP contribution in [0.25, 0.3) is 0 Å². The van der Waals surface area contributed by atoms with Crippen molar-refractivity contribution in [1.82, 2.24) is 4.31 Å². The Hall–Kier alpha value is -0.710. The van der Waals surface area contributed by atoms with Gasteiger partial charge in [0.05, 0.1) is 13.2 Å². The van der Waals surface area contributed by atoms with E-state index in [0.717, 1.165) is 0 Å². The van der Waals surface area contributed by atoms with E-state index in [9.17, 15) is 26.0 Å². The Morgan fingerprint density at radius 2 is 1.90 bits per heavy atom. The maximum atomic E-state index is 13.6. The Balaban J connectivity index is 3.33. The van der Waals surface area contributed by atoms with Crippen LogP contribution in [0.3, 0.4) is 0 Å². The number of nitrogens with zero attached hydrogens (tertiary/aromatic N) is 1. The van der Waals surface area contributed by atoms with Crippen LogP contribution < -0.4 is 0 Å². The first-order valence-corrected chi connectivity index (χ1v) is 7.47. The van der Waals surface area contributed by atoms with Gasteiger partial charge in [-0.15, -0.1) is 0 Å². The SMILES string of the molecule is O=S(=O)(c1c(F)cc(F)cc1Br)N(CCO)CC(F)F. The summed E-state index contributed by atoms with van der Waals surface area (Å²) >= 11 is 2.68. The normalized spacial score (nSPS) is 12.4. The summed E-state index contributed by atoms with van der Waals surface area (Å²) in [5.41, 5.74) is 0. The number of rotatable bonds is 6. The van der Waals surface area contributed by atoms with Crippen LogP contribution in [0.15, 0.2) is 21.5 Å². The van der Waals surface area contributed by atoms with Gasteiger partial charge < -0.3 is 5.11 Å². The lowest BCUT2D eigenvalue weighted by Gasteiger charge is -2.21. The van der Waals surface area contributed by atoms with Gasteiger partial charge >= 0.3 is 0 Å². The number of hydrogen-bond acceptors (Lipinski definition) is 3. The largest absolute Gasteiger partial charge is 0.395 e. The highest BCUT2D eigenvalue weighted by Crippen LogP contribution is 2.29. The number of halogens is 5. The maximum absolute atomic E-state index is 13.6. The molecule has 10 heteroatoms. The molecule has 0 amide bonds. The van der Waals surface area contributed by atoms with E-state index in [1.165, 1.54) is 0 Å². The molecule has 0 aliphatic carbocycles. The van der Waals surface area contributed by atoms with Crippen LogP contribution in [-0.4, -0.2) is 44.0 Å². The summed E-state index contributed by atoms with van der Waals surface area (Å²) in [5.74, 6) is -2.43. The molecule has 1 aromatic carbocycles. The van der Waals surface area contributed by atoms with E-state index in [-0.39, 0.29) is 4.31 Å². The van der Waals surface area contributed by atoms with Crippen molar-refractivity contribution in [2.45, 2.75) is 11.3 Å². The Morgan fingerprint density at radius 3 is 2.35 bits per heavy atom. The molecule has 0 atom stereocenters. The van der Waals surface area contributed by atoms with Crippen LogP contribution in [0.1, 0.15) is 0 Å². The lowest BCUT2D eigenvalue weighted by atomic mass is 10.3. The molecule has 0 radical (unpaired) electrons. The summed E-state index contributed by atoms with van der Waals surface area (Å²) in [4.78, 5) is -0.951. The molecule has 0 spiro atoms. The molecule has 0 aliphatic heterocycles. The molecule has 0 saturated heterocycles. The monoisotopic (exact) mass is 379 g/mol. The van der Waals surface area contributed by atoms with Gasteiger partial charge in [-0.3, -0.25) is 0 Å². The number of alkyl halides is 2. The minimum atomic E-state index is -4.63. The third kappa shape index (κ3) is 3.90. The molecule has 20 heavy (non-hydrogen) atoms. The lowest BCUT2D eigenvalue weighted by molar-refractivity contribution is 0.113. The summed E-state index contributed by atoms with van der Waals surface area (Å²) in [6.07, 6.45) is -3.00. The van der Waals surface area contributed by atoms with Gasteiger partial charge in [-0.2, -0.15) is 4.31 Å². The molecule has 0 aliphatic rings. The molecule has 4 nitrogen and oxygen atoms in total. The summed E-state index contributed by atoms with van der Waals surface area (Å²) in [6.45, 7) is -2.55.